The number of methoxy groups -OCH3 is 1. The molecule has 0 spiro atoms. The Morgan fingerprint density at radius 3 is 2.76 bits per heavy atom. The Hall–Kier alpha value is -2.64. The quantitative estimate of drug-likeness (QED) is 0.793. The average molecular weight is 354 g/mol. The number of nitrogens with two attached hydrogens (primary N) is 1. The van der Waals surface area contributed by atoms with Crippen molar-refractivity contribution in [3.8, 4) is 11.5 Å². The van der Waals surface area contributed by atoms with Crippen LogP contribution in [0.3, 0.4) is 0 Å². The predicted octanol–water partition coefficient (Wildman–Crippen LogP) is 2.03. The van der Waals surface area contributed by atoms with E-state index < -0.39 is 12.5 Å². The van der Waals surface area contributed by atoms with Gasteiger partial charge in [-0.05, 0) is 36.6 Å². The van der Waals surface area contributed by atoms with Crippen LogP contribution in [0.15, 0.2) is 24.3 Å². The number of piperidine rings is 1. The highest BCUT2D eigenvalue weighted by Gasteiger charge is 2.25. The number of hydrogen-bond acceptors (Lipinski definition) is 4. The number of carbonyl (C=O) groups excluding carboxylic acids is 2. The maximum Gasteiger partial charge on any atom is 0.387 e. The summed E-state index contributed by atoms with van der Waals surface area (Å²) in [6.07, 6.45) is 4.32. The van der Waals surface area contributed by atoms with Crippen LogP contribution in [0.2, 0.25) is 0 Å². The van der Waals surface area contributed by atoms with Crippen molar-refractivity contribution in [1.82, 2.24) is 4.90 Å². The molecule has 1 atom stereocenters. The number of amides is 2. The molecule has 25 heavy (non-hydrogen) atoms. The third-order valence-electron chi connectivity index (χ3n) is 3.96. The van der Waals surface area contributed by atoms with Crippen molar-refractivity contribution in [3.63, 3.8) is 0 Å². The highest BCUT2D eigenvalue weighted by molar-refractivity contribution is 5.92. The van der Waals surface area contributed by atoms with E-state index in [-0.39, 0.29) is 23.3 Å². The van der Waals surface area contributed by atoms with Crippen LogP contribution in [0.5, 0.6) is 11.5 Å². The van der Waals surface area contributed by atoms with Gasteiger partial charge in [0.25, 0.3) is 0 Å². The van der Waals surface area contributed by atoms with Crippen molar-refractivity contribution in [1.29, 1.82) is 0 Å². The lowest BCUT2D eigenvalue weighted by atomic mass is 9.97. The smallest absolute Gasteiger partial charge is 0.387 e. The summed E-state index contributed by atoms with van der Waals surface area (Å²) in [7, 11) is 1.34. The van der Waals surface area contributed by atoms with Gasteiger partial charge in [-0.25, -0.2) is 0 Å². The van der Waals surface area contributed by atoms with Crippen molar-refractivity contribution >= 4 is 17.9 Å². The van der Waals surface area contributed by atoms with E-state index in [2.05, 4.69) is 4.74 Å². The number of alkyl halides is 2. The molecular weight excluding hydrogens is 334 g/mol. The Balaban J connectivity index is 2.05. The zero-order valence-corrected chi connectivity index (χ0v) is 13.8. The Morgan fingerprint density at radius 2 is 2.12 bits per heavy atom. The normalized spacial score (nSPS) is 17.8. The first kappa shape index (κ1) is 18.7. The molecule has 1 aromatic rings. The molecule has 1 aliphatic rings. The number of ether oxygens (including phenoxy) is 2. The molecule has 8 heteroatoms. The molecule has 0 radical (unpaired) electrons. The second-order valence-corrected chi connectivity index (χ2v) is 5.65. The molecule has 1 aliphatic heterocycles. The molecule has 0 bridgehead atoms. The Kier molecular flexibility index (Phi) is 6.32. The van der Waals surface area contributed by atoms with E-state index in [1.54, 1.807) is 11.0 Å². The van der Waals surface area contributed by atoms with Crippen LogP contribution in [-0.4, -0.2) is 43.5 Å². The summed E-state index contributed by atoms with van der Waals surface area (Å²) >= 11 is 0. The van der Waals surface area contributed by atoms with Crippen LogP contribution in [0, 0.1) is 5.92 Å². The maximum atomic E-state index is 12.3. The fourth-order valence-corrected chi connectivity index (χ4v) is 2.66. The molecule has 1 heterocycles. The summed E-state index contributed by atoms with van der Waals surface area (Å²) in [6, 6.07) is 4.37. The Labute approximate surface area is 144 Å². The van der Waals surface area contributed by atoms with Gasteiger partial charge >= 0.3 is 6.61 Å². The lowest BCUT2D eigenvalue weighted by Crippen LogP contribution is -2.43. The molecule has 1 unspecified atom stereocenters. The Morgan fingerprint density at radius 1 is 1.36 bits per heavy atom. The standard InChI is InChI=1S/C17H20F2N2O4/c1-24-14-9-11(4-6-13(14)25-17(18)19)5-7-15(22)21-8-2-3-12(10-21)16(20)23/h4-7,9,12,17H,2-3,8,10H2,1H3,(H2,20,23). The number of carbonyl (C=O) groups is 2. The van der Waals surface area contributed by atoms with Crippen molar-refractivity contribution < 1.29 is 27.8 Å². The molecular formula is C17H20F2N2O4. The minimum Gasteiger partial charge on any atom is -0.493 e. The molecule has 0 aromatic heterocycles. The third-order valence-corrected chi connectivity index (χ3v) is 3.96. The van der Waals surface area contributed by atoms with Crippen LogP contribution < -0.4 is 15.2 Å². The van der Waals surface area contributed by atoms with Gasteiger partial charge in [-0.15, -0.1) is 0 Å². The van der Waals surface area contributed by atoms with E-state index in [1.165, 1.54) is 31.4 Å². The lowest BCUT2D eigenvalue weighted by molar-refractivity contribution is -0.130. The fourth-order valence-electron chi connectivity index (χ4n) is 2.66. The molecule has 1 fully saturated rings. The molecule has 0 saturated carbocycles. The molecule has 6 nitrogen and oxygen atoms in total. The number of likely N-dealkylation sites (tertiary alicyclic amines) is 1. The van der Waals surface area contributed by atoms with E-state index in [0.29, 0.717) is 25.1 Å². The summed E-state index contributed by atoms with van der Waals surface area (Å²) in [4.78, 5) is 25.1. The van der Waals surface area contributed by atoms with Crippen LogP contribution in [0.4, 0.5) is 8.78 Å². The van der Waals surface area contributed by atoms with Crippen molar-refractivity contribution in [3.05, 3.63) is 29.8 Å². The molecule has 1 saturated heterocycles. The Bertz CT molecular complexity index is 664. The second-order valence-electron chi connectivity index (χ2n) is 5.65. The zero-order valence-electron chi connectivity index (χ0n) is 13.8. The largest absolute Gasteiger partial charge is 0.493 e. The van der Waals surface area contributed by atoms with E-state index in [9.17, 15) is 18.4 Å². The van der Waals surface area contributed by atoms with Gasteiger partial charge in [-0.1, -0.05) is 6.07 Å². The number of halogens is 2. The summed E-state index contributed by atoms with van der Waals surface area (Å²) < 4.78 is 34.0. The summed E-state index contributed by atoms with van der Waals surface area (Å²) in [5.74, 6) is -0.904. The summed E-state index contributed by atoms with van der Waals surface area (Å²) in [5.41, 5.74) is 5.89. The number of benzene rings is 1. The van der Waals surface area contributed by atoms with Crippen LogP contribution in [0.25, 0.3) is 6.08 Å². The maximum absolute atomic E-state index is 12.3. The van der Waals surface area contributed by atoms with Crippen molar-refractivity contribution in [2.75, 3.05) is 20.2 Å². The summed E-state index contributed by atoms with van der Waals surface area (Å²) in [6.45, 7) is -2.07. The zero-order chi connectivity index (χ0) is 18.4. The number of primary amides is 1. The molecule has 1 aromatic carbocycles. The molecule has 2 amide bonds. The molecule has 136 valence electrons. The van der Waals surface area contributed by atoms with Gasteiger partial charge in [0.1, 0.15) is 0 Å². The van der Waals surface area contributed by atoms with Crippen molar-refractivity contribution in [2.24, 2.45) is 11.7 Å². The first-order valence-corrected chi connectivity index (χ1v) is 7.80. The third kappa shape index (κ3) is 5.17. The van der Waals surface area contributed by atoms with Gasteiger partial charge in [0.05, 0.1) is 13.0 Å². The van der Waals surface area contributed by atoms with E-state index in [4.69, 9.17) is 10.5 Å². The monoisotopic (exact) mass is 354 g/mol. The first-order valence-electron chi connectivity index (χ1n) is 7.80. The van der Waals surface area contributed by atoms with Crippen molar-refractivity contribution in [2.45, 2.75) is 19.5 Å². The summed E-state index contributed by atoms with van der Waals surface area (Å²) in [5, 5.41) is 0. The van der Waals surface area contributed by atoms with E-state index in [0.717, 1.165) is 6.42 Å². The van der Waals surface area contributed by atoms with Gasteiger partial charge in [0.2, 0.25) is 11.8 Å². The fraction of sp³-hybridized carbons (Fsp3) is 0.412. The highest BCUT2D eigenvalue weighted by atomic mass is 19.3. The van der Waals surface area contributed by atoms with Gasteiger partial charge in [0.15, 0.2) is 11.5 Å². The number of rotatable bonds is 6. The number of hydrogen-bond donors (Lipinski definition) is 1. The highest BCUT2D eigenvalue weighted by Crippen LogP contribution is 2.30. The van der Waals surface area contributed by atoms with Gasteiger partial charge in [-0.3, -0.25) is 9.59 Å². The molecule has 0 aliphatic carbocycles. The van der Waals surface area contributed by atoms with Crippen LogP contribution in [0.1, 0.15) is 18.4 Å². The van der Waals surface area contributed by atoms with E-state index >= 15 is 0 Å². The number of nitrogens with zero attached hydrogens (tertiary/aromatic N) is 1. The van der Waals surface area contributed by atoms with Gasteiger partial charge < -0.3 is 20.1 Å². The minimum atomic E-state index is -2.95. The SMILES string of the molecule is COc1cc(C=CC(=O)N2CCCC(C(N)=O)C2)ccc1OC(F)F. The predicted molar refractivity (Wildman–Crippen MR) is 87.2 cm³/mol. The topological polar surface area (TPSA) is 81.9 Å². The van der Waals surface area contributed by atoms with Gasteiger partial charge in [0, 0.05) is 19.2 Å². The second kappa shape index (κ2) is 8.46. The lowest BCUT2D eigenvalue weighted by Gasteiger charge is -2.30. The minimum absolute atomic E-state index is 0.0821. The van der Waals surface area contributed by atoms with Gasteiger partial charge in [-0.2, -0.15) is 8.78 Å². The molecule has 2 N–H and O–H groups in total. The van der Waals surface area contributed by atoms with Crippen LogP contribution in [-0.2, 0) is 9.59 Å². The van der Waals surface area contributed by atoms with E-state index in [1.807, 2.05) is 0 Å². The van der Waals surface area contributed by atoms with Crippen LogP contribution >= 0.6 is 0 Å². The molecule has 2 rings (SSSR count). The average Bonchev–Trinajstić information content (AvgIpc) is 2.60. The first-order chi connectivity index (χ1) is 11.9.